The van der Waals surface area contributed by atoms with Crippen LogP contribution in [-0.4, -0.2) is 44.7 Å². The van der Waals surface area contributed by atoms with E-state index in [2.05, 4.69) is 26.1 Å². The van der Waals surface area contributed by atoms with Crippen molar-refractivity contribution in [2.75, 3.05) is 25.1 Å². The second kappa shape index (κ2) is 8.22. The van der Waals surface area contributed by atoms with Gasteiger partial charge in [0.25, 0.3) is 5.56 Å². The number of rotatable bonds is 5. The molecule has 3 aromatic heterocycles. The predicted molar refractivity (Wildman–Crippen MR) is 119 cm³/mol. The Morgan fingerprint density at radius 3 is 2.74 bits per heavy atom. The van der Waals surface area contributed by atoms with Gasteiger partial charge in [-0.3, -0.25) is 9.78 Å². The average molecular weight is 416 g/mol. The third-order valence-electron chi connectivity index (χ3n) is 5.90. The third-order valence-corrected chi connectivity index (χ3v) is 5.90. The first-order valence-corrected chi connectivity index (χ1v) is 10.5. The normalized spacial score (nSPS) is 14.8. The highest BCUT2D eigenvalue weighted by atomic mass is 16.5. The van der Waals surface area contributed by atoms with Crippen molar-refractivity contribution in [3.8, 4) is 11.6 Å². The molecule has 1 aliphatic rings. The summed E-state index contributed by atoms with van der Waals surface area (Å²) in [4.78, 5) is 19.2. The largest absolute Gasteiger partial charge is 0.497 e. The van der Waals surface area contributed by atoms with Gasteiger partial charge >= 0.3 is 0 Å². The van der Waals surface area contributed by atoms with Crippen LogP contribution in [0.5, 0.6) is 5.75 Å². The fourth-order valence-corrected chi connectivity index (χ4v) is 4.21. The maximum absolute atomic E-state index is 12.3. The Morgan fingerprint density at radius 1 is 1.10 bits per heavy atom. The second-order valence-corrected chi connectivity index (χ2v) is 7.81. The fraction of sp³-hybridized carbons (Fsp3) is 0.304. The van der Waals surface area contributed by atoms with E-state index < -0.39 is 0 Å². The van der Waals surface area contributed by atoms with Crippen LogP contribution in [-0.2, 0) is 6.54 Å². The summed E-state index contributed by atoms with van der Waals surface area (Å²) in [5.41, 5.74) is 2.07. The molecule has 0 saturated carbocycles. The minimum atomic E-state index is -0.0782. The number of pyridine rings is 1. The van der Waals surface area contributed by atoms with Crippen LogP contribution in [0.3, 0.4) is 0 Å². The van der Waals surface area contributed by atoms with Crippen LogP contribution in [0, 0.1) is 5.92 Å². The molecule has 1 fully saturated rings. The van der Waals surface area contributed by atoms with E-state index in [4.69, 9.17) is 4.74 Å². The van der Waals surface area contributed by atoms with Gasteiger partial charge in [0.15, 0.2) is 5.82 Å². The molecule has 0 radical (unpaired) electrons. The zero-order valence-electron chi connectivity index (χ0n) is 17.4. The van der Waals surface area contributed by atoms with Crippen molar-refractivity contribution in [3.63, 3.8) is 0 Å². The molecule has 0 bridgehead atoms. The van der Waals surface area contributed by atoms with Gasteiger partial charge in [0.05, 0.1) is 12.6 Å². The summed E-state index contributed by atoms with van der Waals surface area (Å²) >= 11 is 0. The van der Waals surface area contributed by atoms with Crippen LogP contribution in [0.4, 0.5) is 5.69 Å². The predicted octanol–water partition coefficient (Wildman–Crippen LogP) is 2.90. The van der Waals surface area contributed by atoms with Gasteiger partial charge in [-0.2, -0.15) is 5.10 Å². The zero-order chi connectivity index (χ0) is 21.2. The summed E-state index contributed by atoms with van der Waals surface area (Å²) in [6.45, 7) is 2.47. The highest BCUT2D eigenvalue weighted by molar-refractivity contribution is 5.92. The van der Waals surface area contributed by atoms with Crippen LogP contribution in [0.25, 0.3) is 16.7 Å². The van der Waals surface area contributed by atoms with Gasteiger partial charge in [-0.05, 0) is 55.2 Å². The van der Waals surface area contributed by atoms with Crippen LogP contribution in [0.2, 0.25) is 0 Å². The van der Waals surface area contributed by atoms with Gasteiger partial charge in [0.1, 0.15) is 5.75 Å². The fourth-order valence-electron chi connectivity index (χ4n) is 4.21. The smallest absolute Gasteiger partial charge is 0.266 e. The standard InChI is InChI=1S/C23H24N6O2/c1-31-18-3-4-20-19(15-18)21(7-11-24-20)27-13-8-17(9-14-27)16-29-23(30)6-5-22(26-29)28-12-2-10-25-28/h2-7,10-12,15,17H,8-9,13-14,16H2,1H3. The number of methoxy groups -OCH3 is 1. The van der Waals surface area contributed by atoms with E-state index in [9.17, 15) is 4.79 Å². The highest BCUT2D eigenvalue weighted by Gasteiger charge is 2.22. The van der Waals surface area contributed by atoms with Crippen molar-refractivity contribution in [1.82, 2.24) is 24.5 Å². The zero-order valence-corrected chi connectivity index (χ0v) is 17.4. The van der Waals surface area contributed by atoms with E-state index in [-0.39, 0.29) is 5.56 Å². The quantitative estimate of drug-likeness (QED) is 0.498. The summed E-state index contributed by atoms with van der Waals surface area (Å²) in [5, 5.41) is 9.82. The van der Waals surface area contributed by atoms with Gasteiger partial charge in [-0.25, -0.2) is 9.36 Å². The molecule has 8 heteroatoms. The first-order chi connectivity index (χ1) is 15.2. The topological polar surface area (TPSA) is 78.1 Å². The van der Waals surface area contributed by atoms with Crippen molar-refractivity contribution in [2.24, 2.45) is 5.92 Å². The maximum Gasteiger partial charge on any atom is 0.266 e. The van der Waals surface area contributed by atoms with Crippen molar-refractivity contribution >= 4 is 16.6 Å². The third kappa shape index (κ3) is 3.88. The van der Waals surface area contributed by atoms with Crippen LogP contribution in [0.15, 0.2) is 65.8 Å². The minimum Gasteiger partial charge on any atom is -0.497 e. The summed E-state index contributed by atoms with van der Waals surface area (Å²) in [6, 6.07) is 13.2. The van der Waals surface area contributed by atoms with E-state index >= 15 is 0 Å². The number of piperidine rings is 1. The molecular formula is C23H24N6O2. The van der Waals surface area contributed by atoms with Gasteiger partial charge in [-0.15, -0.1) is 5.10 Å². The second-order valence-electron chi connectivity index (χ2n) is 7.81. The molecule has 4 heterocycles. The number of fused-ring (bicyclic) bond motifs is 1. The molecule has 0 aliphatic carbocycles. The lowest BCUT2D eigenvalue weighted by Gasteiger charge is -2.34. The first kappa shape index (κ1) is 19.3. The number of nitrogens with zero attached hydrogens (tertiary/aromatic N) is 6. The van der Waals surface area contributed by atoms with Gasteiger partial charge in [0.2, 0.25) is 0 Å². The molecule has 0 amide bonds. The Labute approximate surface area is 179 Å². The summed E-state index contributed by atoms with van der Waals surface area (Å²) in [5.74, 6) is 1.88. The highest BCUT2D eigenvalue weighted by Crippen LogP contribution is 2.31. The molecule has 1 aliphatic heterocycles. The number of benzene rings is 1. The van der Waals surface area contributed by atoms with Gasteiger partial charge in [-0.1, -0.05) is 0 Å². The van der Waals surface area contributed by atoms with Crippen molar-refractivity contribution in [1.29, 1.82) is 0 Å². The lowest BCUT2D eigenvalue weighted by molar-refractivity contribution is 0.334. The van der Waals surface area contributed by atoms with Crippen molar-refractivity contribution < 1.29 is 4.74 Å². The van der Waals surface area contributed by atoms with Crippen LogP contribution < -0.4 is 15.2 Å². The molecule has 31 heavy (non-hydrogen) atoms. The van der Waals surface area contributed by atoms with Crippen LogP contribution in [0.1, 0.15) is 12.8 Å². The summed E-state index contributed by atoms with van der Waals surface area (Å²) < 4.78 is 8.65. The van der Waals surface area contributed by atoms with E-state index in [0.29, 0.717) is 18.3 Å². The molecule has 0 N–H and O–H groups in total. The monoisotopic (exact) mass is 416 g/mol. The first-order valence-electron chi connectivity index (χ1n) is 10.5. The average Bonchev–Trinajstić information content (AvgIpc) is 3.35. The van der Waals surface area contributed by atoms with Crippen molar-refractivity contribution in [2.45, 2.75) is 19.4 Å². The molecule has 0 atom stereocenters. The number of hydrogen-bond donors (Lipinski definition) is 0. The summed E-state index contributed by atoms with van der Waals surface area (Å²) in [7, 11) is 1.68. The molecule has 5 rings (SSSR count). The van der Waals surface area contributed by atoms with Crippen molar-refractivity contribution in [3.05, 3.63) is 71.4 Å². The number of ether oxygens (including phenoxy) is 1. The van der Waals surface area contributed by atoms with Crippen LogP contribution >= 0.6 is 0 Å². The van der Waals surface area contributed by atoms with E-state index in [0.717, 1.165) is 42.6 Å². The number of hydrogen-bond acceptors (Lipinski definition) is 6. The van der Waals surface area contributed by atoms with E-state index in [1.165, 1.54) is 5.69 Å². The molecule has 1 saturated heterocycles. The Kier molecular flexibility index (Phi) is 5.11. The molecular weight excluding hydrogens is 392 g/mol. The SMILES string of the molecule is COc1ccc2nccc(N3CCC(Cn4nc(-n5cccn5)ccc4=O)CC3)c2c1. The number of aromatic nitrogens is 5. The lowest BCUT2D eigenvalue weighted by atomic mass is 9.96. The molecule has 158 valence electrons. The summed E-state index contributed by atoms with van der Waals surface area (Å²) in [6.07, 6.45) is 7.37. The molecule has 8 nitrogen and oxygen atoms in total. The Morgan fingerprint density at radius 2 is 1.97 bits per heavy atom. The Bertz CT molecular complexity index is 1240. The van der Waals surface area contributed by atoms with Gasteiger partial charge in [0, 0.05) is 55.4 Å². The molecule has 0 spiro atoms. The van der Waals surface area contributed by atoms with Gasteiger partial charge < -0.3 is 9.64 Å². The lowest BCUT2D eigenvalue weighted by Crippen LogP contribution is -2.37. The molecule has 4 aromatic rings. The maximum atomic E-state index is 12.3. The van der Waals surface area contributed by atoms with E-state index in [1.807, 2.05) is 36.7 Å². The number of anilines is 1. The Balaban J connectivity index is 1.31. The molecule has 0 unspecified atom stereocenters. The minimum absolute atomic E-state index is 0.0782. The Hall–Kier alpha value is -3.68. The molecule has 1 aromatic carbocycles. The van der Waals surface area contributed by atoms with E-state index in [1.54, 1.807) is 34.8 Å².